The van der Waals surface area contributed by atoms with Crippen LogP contribution in [-0.4, -0.2) is 33.8 Å². The summed E-state index contributed by atoms with van der Waals surface area (Å²) >= 11 is 0. The molecule has 0 spiro atoms. The molecule has 0 aromatic heterocycles. The zero-order valence-electron chi connectivity index (χ0n) is 12.7. The van der Waals surface area contributed by atoms with Crippen molar-refractivity contribution in [3.05, 3.63) is 0 Å². The van der Waals surface area contributed by atoms with Gasteiger partial charge in [0.05, 0.1) is 5.75 Å². The van der Waals surface area contributed by atoms with Crippen molar-refractivity contribution < 1.29 is 8.42 Å². The number of hydrogen-bond acceptors (Lipinski definition) is 3. The summed E-state index contributed by atoms with van der Waals surface area (Å²) in [6, 6.07) is 0. The second-order valence-electron chi connectivity index (χ2n) is 6.78. The first-order valence-corrected chi connectivity index (χ1v) is 9.88. The maximum Gasteiger partial charge on any atom is 0.211 e. The van der Waals surface area contributed by atoms with Gasteiger partial charge in [0.25, 0.3) is 0 Å². The average Bonchev–Trinajstić information content (AvgIpc) is 2.46. The number of nitrogens with one attached hydrogen (secondary N) is 2. The first kappa shape index (κ1) is 16.2. The van der Waals surface area contributed by atoms with E-state index in [0.717, 1.165) is 38.3 Å². The lowest BCUT2D eigenvalue weighted by Crippen LogP contribution is -2.34. The van der Waals surface area contributed by atoms with Crippen LogP contribution in [0.3, 0.4) is 0 Å². The van der Waals surface area contributed by atoms with E-state index in [1.807, 2.05) is 0 Å². The second kappa shape index (κ2) is 7.76. The summed E-state index contributed by atoms with van der Waals surface area (Å²) in [7, 11) is -3.06. The van der Waals surface area contributed by atoms with Gasteiger partial charge in [-0.05, 0) is 62.9 Å². The van der Waals surface area contributed by atoms with E-state index in [4.69, 9.17) is 0 Å². The third kappa shape index (κ3) is 5.70. The molecule has 0 radical (unpaired) electrons. The Hall–Kier alpha value is -0.130. The quantitative estimate of drug-likeness (QED) is 0.790. The molecule has 0 bridgehead atoms. The van der Waals surface area contributed by atoms with Crippen molar-refractivity contribution in [3.8, 4) is 0 Å². The SMILES string of the molecule is CC1CCC(CNS(=O)(=O)CCC2CCNCC2)CC1. The van der Waals surface area contributed by atoms with Crippen LogP contribution in [-0.2, 0) is 10.0 Å². The minimum atomic E-state index is -3.06. The van der Waals surface area contributed by atoms with Gasteiger partial charge in [-0.3, -0.25) is 0 Å². The highest BCUT2D eigenvalue weighted by atomic mass is 32.2. The molecule has 2 rings (SSSR count). The van der Waals surface area contributed by atoms with Crippen molar-refractivity contribution in [1.29, 1.82) is 0 Å². The van der Waals surface area contributed by atoms with Crippen LogP contribution in [0.4, 0.5) is 0 Å². The molecule has 2 fully saturated rings. The summed E-state index contributed by atoms with van der Waals surface area (Å²) in [6.45, 7) is 5.03. The first-order valence-electron chi connectivity index (χ1n) is 8.23. The van der Waals surface area contributed by atoms with Crippen molar-refractivity contribution >= 4 is 10.0 Å². The molecule has 1 heterocycles. The van der Waals surface area contributed by atoms with Gasteiger partial charge in [-0.2, -0.15) is 0 Å². The Kier molecular flexibility index (Phi) is 6.30. The average molecular weight is 302 g/mol. The molecular weight excluding hydrogens is 272 g/mol. The molecule has 2 N–H and O–H groups in total. The van der Waals surface area contributed by atoms with Crippen LogP contribution in [0.25, 0.3) is 0 Å². The summed E-state index contributed by atoms with van der Waals surface area (Å²) < 4.78 is 26.9. The molecule has 4 nitrogen and oxygen atoms in total. The first-order chi connectivity index (χ1) is 9.55. The molecule has 0 aromatic rings. The van der Waals surface area contributed by atoms with Crippen molar-refractivity contribution in [1.82, 2.24) is 10.0 Å². The fourth-order valence-electron chi connectivity index (χ4n) is 3.34. The number of sulfonamides is 1. The van der Waals surface area contributed by atoms with Gasteiger partial charge in [-0.15, -0.1) is 0 Å². The Labute approximate surface area is 124 Å². The van der Waals surface area contributed by atoms with E-state index in [1.165, 1.54) is 25.7 Å². The van der Waals surface area contributed by atoms with Crippen LogP contribution >= 0.6 is 0 Å². The predicted octanol–water partition coefficient (Wildman–Crippen LogP) is 2.12. The van der Waals surface area contributed by atoms with Gasteiger partial charge in [0.15, 0.2) is 0 Å². The largest absolute Gasteiger partial charge is 0.317 e. The molecule has 1 saturated heterocycles. The Morgan fingerprint density at radius 1 is 1.00 bits per heavy atom. The lowest BCUT2D eigenvalue weighted by Gasteiger charge is -2.26. The van der Waals surface area contributed by atoms with E-state index in [-0.39, 0.29) is 0 Å². The smallest absolute Gasteiger partial charge is 0.211 e. The lowest BCUT2D eigenvalue weighted by atomic mass is 9.83. The van der Waals surface area contributed by atoms with E-state index in [2.05, 4.69) is 17.0 Å². The Bertz CT molecular complexity index is 369. The number of piperidine rings is 1. The molecule has 5 heteroatoms. The van der Waals surface area contributed by atoms with Crippen LogP contribution in [0.15, 0.2) is 0 Å². The van der Waals surface area contributed by atoms with Crippen molar-refractivity contribution in [2.24, 2.45) is 17.8 Å². The summed E-state index contributed by atoms with van der Waals surface area (Å²) in [6.07, 6.45) is 7.92. The highest BCUT2D eigenvalue weighted by Gasteiger charge is 2.21. The van der Waals surface area contributed by atoms with Crippen molar-refractivity contribution in [2.45, 2.75) is 51.9 Å². The minimum Gasteiger partial charge on any atom is -0.317 e. The van der Waals surface area contributed by atoms with Crippen LogP contribution < -0.4 is 10.0 Å². The monoisotopic (exact) mass is 302 g/mol. The van der Waals surface area contributed by atoms with Crippen LogP contribution in [0.2, 0.25) is 0 Å². The molecule has 1 aliphatic heterocycles. The summed E-state index contributed by atoms with van der Waals surface area (Å²) in [5.74, 6) is 2.27. The fraction of sp³-hybridized carbons (Fsp3) is 1.00. The van der Waals surface area contributed by atoms with Crippen LogP contribution in [0.5, 0.6) is 0 Å². The molecule has 0 atom stereocenters. The minimum absolute atomic E-state index is 0.306. The van der Waals surface area contributed by atoms with E-state index in [9.17, 15) is 8.42 Å². The van der Waals surface area contributed by atoms with Gasteiger partial charge in [-0.1, -0.05) is 19.8 Å². The Balaban J connectivity index is 1.65. The third-order valence-corrected chi connectivity index (χ3v) is 6.36. The zero-order chi connectivity index (χ0) is 14.4. The Morgan fingerprint density at radius 3 is 2.30 bits per heavy atom. The third-order valence-electron chi connectivity index (χ3n) is 4.98. The standard InChI is InChI=1S/C15H30N2O2S/c1-13-2-4-15(5-3-13)12-17-20(18,19)11-8-14-6-9-16-10-7-14/h13-17H,2-12H2,1H3. The summed E-state index contributed by atoms with van der Waals surface area (Å²) in [5.41, 5.74) is 0. The van der Waals surface area contributed by atoms with Crippen molar-refractivity contribution in [2.75, 3.05) is 25.4 Å². The highest BCUT2D eigenvalue weighted by Crippen LogP contribution is 2.27. The molecule has 2 aliphatic rings. The molecule has 0 amide bonds. The molecule has 20 heavy (non-hydrogen) atoms. The van der Waals surface area contributed by atoms with Gasteiger partial charge < -0.3 is 5.32 Å². The number of rotatable bonds is 6. The van der Waals surface area contributed by atoms with Gasteiger partial charge in [0, 0.05) is 6.54 Å². The van der Waals surface area contributed by atoms with Gasteiger partial charge in [0.2, 0.25) is 10.0 Å². The van der Waals surface area contributed by atoms with Crippen molar-refractivity contribution in [3.63, 3.8) is 0 Å². The normalized spacial score (nSPS) is 29.4. The zero-order valence-corrected chi connectivity index (χ0v) is 13.6. The second-order valence-corrected chi connectivity index (χ2v) is 8.70. The summed E-state index contributed by atoms with van der Waals surface area (Å²) in [4.78, 5) is 0. The van der Waals surface area contributed by atoms with E-state index in [0.29, 0.717) is 24.1 Å². The highest BCUT2D eigenvalue weighted by molar-refractivity contribution is 7.89. The van der Waals surface area contributed by atoms with E-state index < -0.39 is 10.0 Å². The van der Waals surface area contributed by atoms with Crippen LogP contribution in [0.1, 0.15) is 51.9 Å². The molecule has 1 aliphatic carbocycles. The molecule has 0 unspecified atom stereocenters. The molecular formula is C15H30N2O2S. The van der Waals surface area contributed by atoms with Crippen LogP contribution in [0, 0.1) is 17.8 Å². The lowest BCUT2D eigenvalue weighted by molar-refractivity contribution is 0.290. The molecule has 118 valence electrons. The number of hydrogen-bond donors (Lipinski definition) is 2. The fourth-order valence-corrected chi connectivity index (χ4v) is 4.62. The van der Waals surface area contributed by atoms with Gasteiger partial charge >= 0.3 is 0 Å². The maximum absolute atomic E-state index is 12.1. The Morgan fingerprint density at radius 2 is 1.65 bits per heavy atom. The van der Waals surface area contributed by atoms with Gasteiger partial charge in [-0.25, -0.2) is 13.1 Å². The van der Waals surface area contributed by atoms with E-state index >= 15 is 0 Å². The predicted molar refractivity (Wildman–Crippen MR) is 83.1 cm³/mol. The van der Waals surface area contributed by atoms with Gasteiger partial charge in [0.1, 0.15) is 0 Å². The maximum atomic E-state index is 12.1. The topological polar surface area (TPSA) is 58.2 Å². The summed E-state index contributed by atoms with van der Waals surface area (Å²) in [5, 5.41) is 3.32. The molecule has 1 saturated carbocycles. The van der Waals surface area contributed by atoms with E-state index in [1.54, 1.807) is 0 Å². The molecule has 0 aromatic carbocycles.